The van der Waals surface area contributed by atoms with Crippen LogP contribution < -0.4 is 9.47 Å². The van der Waals surface area contributed by atoms with Gasteiger partial charge in [0.1, 0.15) is 5.75 Å². The standard InChI is InChI=1S/C9H11F2NO3/c1-14-6-3-12-9(15-2)7(8(10)11)5(6)4-13/h3,8,13H,4H2,1-2H3. The van der Waals surface area contributed by atoms with Gasteiger partial charge in [-0.2, -0.15) is 0 Å². The molecule has 0 unspecified atom stereocenters. The lowest BCUT2D eigenvalue weighted by atomic mass is 10.1. The Kier molecular flexibility index (Phi) is 3.79. The van der Waals surface area contributed by atoms with Crippen LogP contribution in [0.3, 0.4) is 0 Å². The Morgan fingerprint density at radius 2 is 2.07 bits per heavy atom. The Morgan fingerprint density at radius 1 is 1.40 bits per heavy atom. The van der Waals surface area contributed by atoms with Gasteiger partial charge in [0, 0.05) is 5.56 Å². The molecule has 0 atom stereocenters. The molecule has 1 N–H and O–H groups in total. The van der Waals surface area contributed by atoms with Crippen LogP contribution in [0, 0.1) is 0 Å². The summed E-state index contributed by atoms with van der Waals surface area (Å²) in [6.07, 6.45) is -1.54. The van der Waals surface area contributed by atoms with Crippen LogP contribution in [0.2, 0.25) is 0 Å². The van der Waals surface area contributed by atoms with E-state index in [2.05, 4.69) is 4.98 Å². The van der Waals surface area contributed by atoms with Crippen LogP contribution >= 0.6 is 0 Å². The molecule has 1 rings (SSSR count). The molecule has 6 heteroatoms. The first-order valence-corrected chi connectivity index (χ1v) is 4.14. The number of hydrogen-bond donors (Lipinski definition) is 1. The van der Waals surface area contributed by atoms with Crippen molar-refractivity contribution in [2.45, 2.75) is 13.0 Å². The van der Waals surface area contributed by atoms with E-state index in [0.717, 1.165) is 0 Å². The number of aliphatic hydroxyl groups is 1. The normalized spacial score (nSPS) is 10.5. The second-order valence-corrected chi connectivity index (χ2v) is 2.69. The summed E-state index contributed by atoms with van der Waals surface area (Å²) in [5, 5.41) is 9.00. The Labute approximate surface area is 85.5 Å². The van der Waals surface area contributed by atoms with Gasteiger partial charge in [-0.3, -0.25) is 0 Å². The molecule has 1 heterocycles. The monoisotopic (exact) mass is 219 g/mol. The van der Waals surface area contributed by atoms with Crippen molar-refractivity contribution in [3.05, 3.63) is 17.3 Å². The van der Waals surface area contributed by atoms with Crippen molar-refractivity contribution in [1.82, 2.24) is 4.98 Å². The van der Waals surface area contributed by atoms with E-state index in [9.17, 15) is 8.78 Å². The highest BCUT2D eigenvalue weighted by Gasteiger charge is 2.23. The van der Waals surface area contributed by atoms with Crippen LogP contribution in [0.15, 0.2) is 6.20 Å². The van der Waals surface area contributed by atoms with E-state index in [4.69, 9.17) is 14.6 Å². The van der Waals surface area contributed by atoms with E-state index in [1.54, 1.807) is 0 Å². The molecule has 0 aliphatic rings. The molecule has 84 valence electrons. The Hall–Kier alpha value is -1.43. The predicted molar refractivity (Wildman–Crippen MR) is 48.2 cm³/mol. The molecule has 0 aliphatic carbocycles. The van der Waals surface area contributed by atoms with Crippen molar-refractivity contribution < 1.29 is 23.4 Å². The van der Waals surface area contributed by atoms with Gasteiger partial charge in [-0.05, 0) is 0 Å². The van der Waals surface area contributed by atoms with Crippen LogP contribution in [-0.2, 0) is 6.61 Å². The van der Waals surface area contributed by atoms with Crippen molar-refractivity contribution >= 4 is 0 Å². The van der Waals surface area contributed by atoms with E-state index < -0.39 is 18.6 Å². The molecule has 0 saturated carbocycles. The Bertz CT molecular complexity index is 344. The van der Waals surface area contributed by atoms with Crippen molar-refractivity contribution in [2.75, 3.05) is 14.2 Å². The Balaban J connectivity index is 3.37. The quantitative estimate of drug-likeness (QED) is 0.834. The maximum Gasteiger partial charge on any atom is 0.269 e. The number of aliphatic hydroxyl groups excluding tert-OH is 1. The lowest BCUT2D eigenvalue weighted by Gasteiger charge is -2.13. The number of hydrogen-bond acceptors (Lipinski definition) is 4. The smallest absolute Gasteiger partial charge is 0.269 e. The minimum absolute atomic E-state index is 0.000602. The van der Waals surface area contributed by atoms with Crippen molar-refractivity contribution in [1.29, 1.82) is 0 Å². The number of alkyl halides is 2. The van der Waals surface area contributed by atoms with Crippen LogP contribution in [0.5, 0.6) is 11.6 Å². The average Bonchev–Trinajstić information content (AvgIpc) is 2.26. The van der Waals surface area contributed by atoms with Gasteiger partial charge in [-0.25, -0.2) is 13.8 Å². The van der Waals surface area contributed by atoms with Crippen LogP contribution in [0.4, 0.5) is 8.78 Å². The van der Waals surface area contributed by atoms with E-state index in [1.807, 2.05) is 0 Å². The zero-order valence-electron chi connectivity index (χ0n) is 8.33. The third-order valence-corrected chi connectivity index (χ3v) is 1.94. The van der Waals surface area contributed by atoms with Gasteiger partial charge >= 0.3 is 0 Å². The van der Waals surface area contributed by atoms with Gasteiger partial charge in [0.15, 0.2) is 0 Å². The zero-order chi connectivity index (χ0) is 11.4. The fourth-order valence-corrected chi connectivity index (χ4v) is 1.25. The molecule has 1 aromatic heterocycles. The maximum absolute atomic E-state index is 12.7. The zero-order valence-corrected chi connectivity index (χ0v) is 8.33. The molecule has 0 bridgehead atoms. The molecule has 0 amide bonds. The van der Waals surface area contributed by atoms with Crippen LogP contribution in [0.25, 0.3) is 0 Å². The summed E-state index contributed by atoms with van der Waals surface area (Å²) in [5.41, 5.74) is -0.432. The summed E-state index contributed by atoms with van der Waals surface area (Å²) in [6.45, 7) is -0.554. The number of pyridine rings is 1. The first-order valence-electron chi connectivity index (χ1n) is 4.14. The highest BCUT2D eigenvalue weighted by atomic mass is 19.3. The van der Waals surface area contributed by atoms with Gasteiger partial charge in [0.25, 0.3) is 6.43 Å². The summed E-state index contributed by atoms with van der Waals surface area (Å²) in [5.74, 6) is -0.0801. The van der Waals surface area contributed by atoms with Gasteiger partial charge in [0.2, 0.25) is 5.88 Å². The molecule has 0 spiro atoms. The molecule has 0 fully saturated rings. The lowest BCUT2D eigenvalue weighted by molar-refractivity contribution is 0.140. The third kappa shape index (κ3) is 2.15. The first-order chi connectivity index (χ1) is 7.15. The summed E-state index contributed by atoms with van der Waals surface area (Å²) >= 11 is 0. The number of rotatable bonds is 4. The fraction of sp³-hybridized carbons (Fsp3) is 0.444. The molecule has 0 radical (unpaired) electrons. The summed E-state index contributed by atoms with van der Waals surface area (Å²) in [6, 6.07) is 0. The average molecular weight is 219 g/mol. The number of aromatic nitrogens is 1. The topological polar surface area (TPSA) is 51.6 Å². The number of halogens is 2. The van der Waals surface area contributed by atoms with Crippen molar-refractivity contribution in [3.8, 4) is 11.6 Å². The highest BCUT2D eigenvalue weighted by Crippen LogP contribution is 2.35. The molecular weight excluding hydrogens is 208 g/mol. The first kappa shape index (κ1) is 11.6. The third-order valence-electron chi connectivity index (χ3n) is 1.94. The second-order valence-electron chi connectivity index (χ2n) is 2.69. The maximum atomic E-state index is 12.7. The van der Waals surface area contributed by atoms with E-state index >= 15 is 0 Å². The minimum atomic E-state index is -2.77. The lowest BCUT2D eigenvalue weighted by Crippen LogP contribution is -2.04. The number of nitrogens with zero attached hydrogens (tertiary/aromatic N) is 1. The molecule has 0 saturated heterocycles. The number of ether oxygens (including phenoxy) is 2. The van der Waals surface area contributed by atoms with Crippen LogP contribution in [-0.4, -0.2) is 24.3 Å². The SMILES string of the molecule is COc1cnc(OC)c(C(F)F)c1CO. The van der Waals surface area contributed by atoms with Crippen molar-refractivity contribution in [3.63, 3.8) is 0 Å². The molecule has 1 aromatic rings. The molecular formula is C9H11F2NO3. The molecule has 4 nitrogen and oxygen atoms in total. The fourth-order valence-electron chi connectivity index (χ4n) is 1.25. The number of methoxy groups -OCH3 is 2. The Morgan fingerprint density at radius 3 is 2.47 bits per heavy atom. The predicted octanol–water partition coefficient (Wildman–Crippen LogP) is 1.53. The molecule has 15 heavy (non-hydrogen) atoms. The van der Waals surface area contributed by atoms with E-state index in [0.29, 0.717) is 0 Å². The molecule has 0 aliphatic heterocycles. The van der Waals surface area contributed by atoms with E-state index in [1.165, 1.54) is 20.4 Å². The van der Waals surface area contributed by atoms with Crippen LogP contribution in [0.1, 0.15) is 17.6 Å². The molecule has 0 aromatic carbocycles. The summed E-state index contributed by atoms with van der Waals surface area (Å²) in [4.78, 5) is 3.66. The largest absolute Gasteiger partial charge is 0.495 e. The van der Waals surface area contributed by atoms with Crippen molar-refractivity contribution in [2.24, 2.45) is 0 Å². The van der Waals surface area contributed by atoms with Gasteiger partial charge < -0.3 is 14.6 Å². The summed E-state index contributed by atoms with van der Waals surface area (Å²) in [7, 11) is 2.56. The second kappa shape index (κ2) is 4.88. The van der Waals surface area contributed by atoms with Gasteiger partial charge in [0.05, 0.1) is 32.6 Å². The highest BCUT2D eigenvalue weighted by molar-refractivity contribution is 5.44. The summed E-state index contributed by atoms with van der Waals surface area (Å²) < 4.78 is 34.9. The van der Waals surface area contributed by atoms with Gasteiger partial charge in [-0.1, -0.05) is 0 Å². The van der Waals surface area contributed by atoms with E-state index in [-0.39, 0.29) is 17.2 Å². The van der Waals surface area contributed by atoms with Gasteiger partial charge in [-0.15, -0.1) is 0 Å². The minimum Gasteiger partial charge on any atom is -0.495 e.